The van der Waals surface area contributed by atoms with Gasteiger partial charge in [0.2, 0.25) is 5.89 Å². The van der Waals surface area contributed by atoms with E-state index >= 15 is 0 Å². The predicted molar refractivity (Wildman–Crippen MR) is 96.5 cm³/mol. The smallest absolute Gasteiger partial charge is 0.322 e. The Morgan fingerprint density at radius 1 is 1.36 bits per heavy atom. The van der Waals surface area contributed by atoms with Crippen molar-refractivity contribution >= 4 is 11.7 Å². The van der Waals surface area contributed by atoms with Crippen molar-refractivity contribution < 1.29 is 14.3 Å². The first-order valence-corrected chi connectivity index (χ1v) is 8.80. The van der Waals surface area contributed by atoms with E-state index in [-0.39, 0.29) is 12.6 Å². The number of aromatic nitrogens is 1. The number of urea groups is 1. The molecule has 1 aliphatic carbocycles. The lowest BCUT2D eigenvalue weighted by molar-refractivity contribution is 0.204. The van der Waals surface area contributed by atoms with Crippen LogP contribution in [0.15, 0.2) is 28.9 Å². The highest BCUT2D eigenvalue weighted by molar-refractivity contribution is 5.91. The summed E-state index contributed by atoms with van der Waals surface area (Å²) in [5.74, 6) is 0.551. The number of amides is 2. The third kappa shape index (κ3) is 4.39. The molecule has 0 atom stereocenters. The predicted octanol–water partition coefficient (Wildman–Crippen LogP) is 3.73. The number of nitrogens with zero attached hydrogens (tertiary/aromatic N) is 2. The van der Waals surface area contributed by atoms with E-state index in [2.05, 4.69) is 10.3 Å². The van der Waals surface area contributed by atoms with Crippen molar-refractivity contribution in [3.8, 4) is 11.5 Å². The van der Waals surface area contributed by atoms with Crippen LogP contribution < -0.4 is 5.32 Å². The van der Waals surface area contributed by atoms with Crippen LogP contribution in [-0.2, 0) is 0 Å². The van der Waals surface area contributed by atoms with E-state index in [1.807, 2.05) is 36.9 Å². The maximum absolute atomic E-state index is 12.7. The molecule has 0 radical (unpaired) electrons. The molecule has 1 saturated carbocycles. The molecule has 2 N–H and O–H groups in total. The monoisotopic (exact) mass is 343 g/mol. The quantitative estimate of drug-likeness (QED) is 0.751. The van der Waals surface area contributed by atoms with Crippen LogP contribution in [0.4, 0.5) is 10.5 Å². The molecule has 0 saturated heterocycles. The molecule has 25 heavy (non-hydrogen) atoms. The lowest BCUT2D eigenvalue weighted by Crippen LogP contribution is -2.37. The molecule has 6 heteroatoms. The van der Waals surface area contributed by atoms with Gasteiger partial charge in [0.05, 0.1) is 5.69 Å². The molecule has 0 aliphatic heterocycles. The van der Waals surface area contributed by atoms with Gasteiger partial charge in [0.1, 0.15) is 6.26 Å². The number of oxazole rings is 1. The standard InChI is InChI=1S/C19H25N3O3/c1-13-5-6-15(18-20-14(2)12-25-18)11-17(13)21-19(24)22(16-7-8-16)9-3-4-10-23/h5-6,11-12,16,23H,3-4,7-10H2,1-2H3,(H,21,24). The number of rotatable bonds is 7. The van der Waals surface area contributed by atoms with Gasteiger partial charge in [-0.15, -0.1) is 0 Å². The van der Waals surface area contributed by atoms with E-state index in [1.165, 1.54) is 0 Å². The summed E-state index contributed by atoms with van der Waals surface area (Å²) in [6.45, 7) is 4.68. The van der Waals surface area contributed by atoms with Crippen LogP contribution in [-0.4, -0.2) is 40.2 Å². The summed E-state index contributed by atoms with van der Waals surface area (Å²) in [7, 11) is 0. The number of aryl methyl sites for hydroxylation is 2. The number of aliphatic hydroxyl groups excluding tert-OH is 1. The topological polar surface area (TPSA) is 78.6 Å². The largest absolute Gasteiger partial charge is 0.444 e. The van der Waals surface area contributed by atoms with Crippen molar-refractivity contribution in [3.05, 3.63) is 35.7 Å². The molecule has 2 aromatic rings. The molecule has 1 heterocycles. The molecule has 0 spiro atoms. The lowest BCUT2D eigenvalue weighted by atomic mass is 10.1. The highest BCUT2D eigenvalue weighted by atomic mass is 16.3. The number of aliphatic hydroxyl groups is 1. The average Bonchev–Trinajstić information content (AvgIpc) is 3.34. The van der Waals surface area contributed by atoms with Gasteiger partial charge in [0.25, 0.3) is 0 Å². The number of unbranched alkanes of at least 4 members (excludes halogenated alkanes) is 1. The number of anilines is 1. The van der Waals surface area contributed by atoms with Crippen LogP contribution in [0.5, 0.6) is 0 Å². The van der Waals surface area contributed by atoms with Gasteiger partial charge in [-0.2, -0.15) is 0 Å². The average molecular weight is 343 g/mol. The molecule has 1 aromatic heterocycles. The Bertz CT molecular complexity index is 737. The molecule has 0 unspecified atom stereocenters. The number of nitrogens with one attached hydrogen (secondary N) is 1. The SMILES string of the molecule is Cc1coc(-c2ccc(C)c(NC(=O)N(CCCCO)C3CC3)c2)n1. The van der Waals surface area contributed by atoms with Crippen LogP contribution in [0.1, 0.15) is 36.9 Å². The Labute approximate surface area is 147 Å². The van der Waals surface area contributed by atoms with Crippen molar-refractivity contribution in [1.82, 2.24) is 9.88 Å². The van der Waals surface area contributed by atoms with Crippen molar-refractivity contribution in [2.75, 3.05) is 18.5 Å². The second-order valence-electron chi connectivity index (χ2n) is 6.61. The summed E-state index contributed by atoms with van der Waals surface area (Å²) in [6.07, 6.45) is 5.26. The minimum Gasteiger partial charge on any atom is -0.444 e. The zero-order chi connectivity index (χ0) is 17.8. The Morgan fingerprint density at radius 3 is 2.80 bits per heavy atom. The zero-order valence-electron chi connectivity index (χ0n) is 14.8. The van der Waals surface area contributed by atoms with Gasteiger partial charge in [-0.25, -0.2) is 9.78 Å². The fourth-order valence-electron chi connectivity index (χ4n) is 2.79. The van der Waals surface area contributed by atoms with Gasteiger partial charge in [-0.05, 0) is 57.2 Å². The van der Waals surface area contributed by atoms with Gasteiger partial charge in [-0.3, -0.25) is 0 Å². The molecule has 3 rings (SSSR count). The van der Waals surface area contributed by atoms with Crippen LogP contribution in [0.25, 0.3) is 11.5 Å². The Morgan fingerprint density at radius 2 is 2.16 bits per heavy atom. The number of carbonyl (C=O) groups excluding carboxylic acids is 1. The van der Waals surface area contributed by atoms with Crippen LogP contribution in [0.3, 0.4) is 0 Å². The van der Waals surface area contributed by atoms with Gasteiger partial charge < -0.3 is 19.7 Å². The Kier molecular flexibility index (Phi) is 5.38. The minimum atomic E-state index is -0.0794. The first-order chi connectivity index (χ1) is 12.1. The van der Waals surface area contributed by atoms with Gasteiger partial charge in [-0.1, -0.05) is 6.07 Å². The third-order valence-electron chi connectivity index (χ3n) is 4.40. The summed E-state index contributed by atoms with van der Waals surface area (Å²) in [5.41, 5.74) is 3.43. The fraction of sp³-hybridized carbons (Fsp3) is 0.474. The van der Waals surface area contributed by atoms with E-state index < -0.39 is 0 Å². The van der Waals surface area contributed by atoms with Crippen molar-refractivity contribution in [1.29, 1.82) is 0 Å². The summed E-state index contributed by atoms with van der Waals surface area (Å²) in [6, 6.07) is 6.05. The summed E-state index contributed by atoms with van der Waals surface area (Å²) in [4.78, 5) is 18.9. The van der Waals surface area contributed by atoms with Gasteiger partial charge in [0.15, 0.2) is 0 Å². The molecule has 1 aliphatic rings. The van der Waals surface area contributed by atoms with E-state index in [4.69, 9.17) is 9.52 Å². The molecule has 0 bridgehead atoms. The lowest BCUT2D eigenvalue weighted by Gasteiger charge is -2.23. The minimum absolute atomic E-state index is 0.0794. The zero-order valence-corrected chi connectivity index (χ0v) is 14.8. The number of carbonyl (C=O) groups is 1. The fourth-order valence-corrected chi connectivity index (χ4v) is 2.79. The van der Waals surface area contributed by atoms with E-state index in [9.17, 15) is 4.79 Å². The Hall–Kier alpha value is -2.34. The first kappa shape index (κ1) is 17.5. The van der Waals surface area contributed by atoms with Crippen molar-refractivity contribution in [3.63, 3.8) is 0 Å². The first-order valence-electron chi connectivity index (χ1n) is 8.80. The summed E-state index contributed by atoms with van der Waals surface area (Å²) in [5, 5.41) is 12.0. The van der Waals surface area contributed by atoms with E-state index in [0.29, 0.717) is 24.9 Å². The number of hydrogen-bond donors (Lipinski definition) is 2. The van der Waals surface area contributed by atoms with Crippen molar-refractivity contribution in [2.45, 2.75) is 45.6 Å². The molecule has 2 amide bonds. The van der Waals surface area contributed by atoms with E-state index in [1.54, 1.807) is 6.26 Å². The third-order valence-corrected chi connectivity index (χ3v) is 4.40. The molecule has 1 aromatic carbocycles. The van der Waals surface area contributed by atoms with Crippen LogP contribution >= 0.6 is 0 Å². The molecule has 134 valence electrons. The summed E-state index contributed by atoms with van der Waals surface area (Å²) < 4.78 is 5.45. The maximum Gasteiger partial charge on any atom is 0.322 e. The maximum atomic E-state index is 12.7. The van der Waals surface area contributed by atoms with Crippen LogP contribution in [0, 0.1) is 13.8 Å². The van der Waals surface area contributed by atoms with Crippen LogP contribution in [0.2, 0.25) is 0 Å². The highest BCUT2D eigenvalue weighted by Crippen LogP contribution is 2.29. The number of benzene rings is 1. The van der Waals surface area contributed by atoms with Crippen molar-refractivity contribution in [2.24, 2.45) is 0 Å². The second-order valence-corrected chi connectivity index (χ2v) is 6.61. The molecule has 6 nitrogen and oxygen atoms in total. The molecular weight excluding hydrogens is 318 g/mol. The second kappa shape index (κ2) is 7.70. The van der Waals surface area contributed by atoms with Gasteiger partial charge in [0, 0.05) is 30.4 Å². The molecular formula is C19H25N3O3. The van der Waals surface area contributed by atoms with E-state index in [0.717, 1.165) is 41.8 Å². The highest BCUT2D eigenvalue weighted by Gasteiger charge is 2.32. The normalized spacial score (nSPS) is 13.7. The molecule has 1 fully saturated rings. The van der Waals surface area contributed by atoms with Gasteiger partial charge >= 0.3 is 6.03 Å². The Balaban J connectivity index is 1.73. The number of hydrogen-bond acceptors (Lipinski definition) is 4. The summed E-state index contributed by atoms with van der Waals surface area (Å²) >= 11 is 0.